The SMILES string of the molecule is CC1(c2ccccc2)C=Cc2sc3ccccc3c2C=C1. The van der Waals surface area contributed by atoms with E-state index in [0.717, 1.165) is 0 Å². The molecule has 0 saturated heterocycles. The van der Waals surface area contributed by atoms with Crippen molar-refractivity contribution in [1.29, 1.82) is 0 Å². The molecular weight excluding hydrogens is 272 g/mol. The molecule has 0 N–H and O–H groups in total. The van der Waals surface area contributed by atoms with Gasteiger partial charge in [-0.15, -0.1) is 11.3 Å². The third kappa shape index (κ3) is 2.05. The summed E-state index contributed by atoms with van der Waals surface area (Å²) in [5.74, 6) is 0. The summed E-state index contributed by atoms with van der Waals surface area (Å²) in [6.07, 6.45) is 9.22. The van der Waals surface area contributed by atoms with Crippen LogP contribution in [0.25, 0.3) is 22.2 Å². The van der Waals surface area contributed by atoms with Gasteiger partial charge in [-0.05, 0) is 24.6 Å². The Labute approximate surface area is 129 Å². The molecule has 0 fully saturated rings. The predicted octanol–water partition coefficient (Wildman–Crippen LogP) is 5.90. The van der Waals surface area contributed by atoms with Gasteiger partial charge in [0.15, 0.2) is 0 Å². The summed E-state index contributed by atoms with van der Waals surface area (Å²) >= 11 is 1.87. The van der Waals surface area contributed by atoms with E-state index >= 15 is 0 Å². The van der Waals surface area contributed by atoms with E-state index < -0.39 is 0 Å². The Bertz CT molecular complexity index is 852. The molecule has 0 radical (unpaired) electrons. The molecule has 4 rings (SSSR count). The first-order valence-electron chi connectivity index (χ1n) is 7.22. The minimum atomic E-state index is -0.0406. The van der Waals surface area contributed by atoms with Gasteiger partial charge in [-0.2, -0.15) is 0 Å². The van der Waals surface area contributed by atoms with Crippen LogP contribution in [0.4, 0.5) is 0 Å². The third-order valence-corrected chi connectivity index (χ3v) is 5.39. The van der Waals surface area contributed by atoms with Crippen LogP contribution in [0.5, 0.6) is 0 Å². The fraction of sp³-hybridized carbons (Fsp3) is 0.100. The standard InChI is InChI=1S/C20H16S/c1-20(15-7-3-2-4-8-15)13-11-17-16-9-5-6-10-18(16)21-19(17)12-14-20/h2-14H,1H3. The Morgan fingerprint density at radius 3 is 2.38 bits per heavy atom. The molecule has 1 heteroatoms. The maximum absolute atomic E-state index is 2.32. The maximum Gasteiger partial charge on any atom is 0.0355 e. The van der Waals surface area contributed by atoms with E-state index in [4.69, 9.17) is 0 Å². The summed E-state index contributed by atoms with van der Waals surface area (Å²) in [5.41, 5.74) is 2.64. The molecule has 2 aromatic carbocycles. The number of thiophene rings is 1. The minimum absolute atomic E-state index is 0.0406. The van der Waals surface area contributed by atoms with Gasteiger partial charge in [0.2, 0.25) is 0 Å². The first kappa shape index (κ1) is 12.6. The number of rotatable bonds is 1. The Kier molecular flexibility index (Phi) is 2.83. The van der Waals surface area contributed by atoms with Gasteiger partial charge in [-0.1, -0.05) is 66.8 Å². The van der Waals surface area contributed by atoms with Gasteiger partial charge in [0.05, 0.1) is 0 Å². The number of fused-ring (bicyclic) bond motifs is 3. The molecule has 0 saturated carbocycles. The van der Waals surface area contributed by atoms with Crippen LogP contribution in [0.1, 0.15) is 22.9 Å². The quantitative estimate of drug-likeness (QED) is 0.523. The van der Waals surface area contributed by atoms with E-state index in [-0.39, 0.29) is 5.41 Å². The molecule has 102 valence electrons. The second-order valence-corrected chi connectivity index (χ2v) is 6.78. The van der Waals surface area contributed by atoms with Gasteiger partial charge in [0, 0.05) is 25.9 Å². The molecule has 0 nitrogen and oxygen atoms in total. The lowest BCUT2D eigenvalue weighted by molar-refractivity contribution is 0.766. The summed E-state index contributed by atoms with van der Waals surface area (Å²) in [6.45, 7) is 2.27. The van der Waals surface area contributed by atoms with Crippen molar-refractivity contribution < 1.29 is 0 Å². The summed E-state index contributed by atoms with van der Waals surface area (Å²) in [7, 11) is 0. The van der Waals surface area contributed by atoms with E-state index in [9.17, 15) is 0 Å². The van der Waals surface area contributed by atoms with Crippen LogP contribution in [0.3, 0.4) is 0 Å². The summed E-state index contributed by atoms with van der Waals surface area (Å²) in [6, 6.07) is 19.3. The molecule has 0 spiro atoms. The van der Waals surface area contributed by atoms with Gasteiger partial charge < -0.3 is 0 Å². The molecule has 0 amide bonds. The van der Waals surface area contributed by atoms with Crippen molar-refractivity contribution >= 4 is 33.6 Å². The van der Waals surface area contributed by atoms with Gasteiger partial charge in [0.1, 0.15) is 0 Å². The van der Waals surface area contributed by atoms with Crippen molar-refractivity contribution in [2.75, 3.05) is 0 Å². The zero-order valence-electron chi connectivity index (χ0n) is 11.9. The van der Waals surface area contributed by atoms with Crippen molar-refractivity contribution in [2.24, 2.45) is 0 Å². The fourth-order valence-electron chi connectivity index (χ4n) is 2.93. The molecule has 1 atom stereocenters. The van der Waals surface area contributed by atoms with Crippen LogP contribution in [-0.2, 0) is 5.41 Å². The molecule has 1 aliphatic rings. The van der Waals surface area contributed by atoms with Gasteiger partial charge in [-0.25, -0.2) is 0 Å². The monoisotopic (exact) mass is 288 g/mol. The molecule has 1 heterocycles. The average molecular weight is 288 g/mol. The van der Waals surface area contributed by atoms with Crippen molar-refractivity contribution in [3.05, 3.63) is 82.8 Å². The molecule has 0 bridgehead atoms. The first-order chi connectivity index (χ1) is 10.3. The van der Waals surface area contributed by atoms with E-state index in [0.29, 0.717) is 0 Å². The summed E-state index contributed by atoms with van der Waals surface area (Å²) < 4.78 is 1.36. The van der Waals surface area contributed by atoms with Crippen LogP contribution < -0.4 is 0 Å². The summed E-state index contributed by atoms with van der Waals surface area (Å²) in [4.78, 5) is 1.35. The Morgan fingerprint density at radius 2 is 1.52 bits per heavy atom. The Hall–Kier alpha value is -2.12. The predicted molar refractivity (Wildman–Crippen MR) is 93.7 cm³/mol. The van der Waals surface area contributed by atoms with E-state index in [1.807, 2.05) is 11.3 Å². The normalized spacial score (nSPS) is 20.4. The minimum Gasteiger partial charge on any atom is -0.135 e. The van der Waals surface area contributed by atoms with Crippen molar-refractivity contribution in [3.8, 4) is 0 Å². The highest BCUT2D eigenvalue weighted by atomic mass is 32.1. The van der Waals surface area contributed by atoms with Gasteiger partial charge in [-0.3, -0.25) is 0 Å². The zero-order chi connectivity index (χ0) is 14.3. The number of allylic oxidation sites excluding steroid dienone is 2. The van der Waals surface area contributed by atoms with Crippen molar-refractivity contribution in [3.63, 3.8) is 0 Å². The molecule has 0 aliphatic heterocycles. The highest BCUT2D eigenvalue weighted by Crippen LogP contribution is 2.38. The highest BCUT2D eigenvalue weighted by molar-refractivity contribution is 7.20. The summed E-state index contributed by atoms with van der Waals surface area (Å²) in [5, 5.41) is 1.36. The second kappa shape index (κ2) is 4.71. The van der Waals surface area contributed by atoms with Gasteiger partial charge in [0.25, 0.3) is 0 Å². The van der Waals surface area contributed by atoms with E-state index in [2.05, 4.69) is 85.8 Å². The lowest BCUT2D eigenvalue weighted by Crippen LogP contribution is -2.14. The van der Waals surface area contributed by atoms with E-state index in [1.54, 1.807) is 0 Å². The van der Waals surface area contributed by atoms with Crippen molar-refractivity contribution in [2.45, 2.75) is 12.3 Å². The van der Waals surface area contributed by atoms with Crippen LogP contribution in [0, 0.1) is 0 Å². The highest BCUT2D eigenvalue weighted by Gasteiger charge is 2.22. The molecule has 3 aromatic rings. The van der Waals surface area contributed by atoms with Crippen LogP contribution in [0.15, 0.2) is 66.7 Å². The van der Waals surface area contributed by atoms with Gasteiger partial charge >= 0.3 is 0 Å². The van der Waals surface area contributed by atoms with Crippen molar-refractivity contribution in [1.82, 2.24) is 0 Å². The second-order valence-electron chi connectivity index (χ2n) is 5.69. The Balaban J connectivity index is 1.87. The lowest BCUT2D eigenvalue weighted by Gasteiger charge is -2.21. The number of hydrogen-bond acceptors (Lipinski definition) is 1. The van der Waals surface area contributed by atoms with Crippen LogP contribution >= 0.6 is 11.3 Å². The van der Waals surface area contributed by atoms with Crippen LogP contribution in [-0.4, -0.2) is 0 Å². The fourth-order valence-corrected chi connectivity index (χ4v) is 4.03. The lowest BCUT2D eigenvalue weighted by atomic mass is 9.82. The Morgan fingerprint density at radius 1 is 0.810 bits per heavy atom. The number of benzene rings is 2. The van der Waals surface area contributed by atoms with Crippen LogP contribution in [0.2, 0.25) is 0 Å². The zero-order valence-corrected chi connectivity index (χ0v) is 12.7. The molecule has 1 aliphatic carbocycles. The molecule has 1 aromatic heterocycles. The molecule has 1 unspecified atom stereocenters. The first-order valence-corrected chi connectivity index (χ1v) is 8.03. The number of hydrogen-bond donors (Lipinski definition) is 0. The average Bonchev–Trinajstić information content (AvgIpc) is 2.81. The smallest absolute Gasteiger partial charge is 0.0355 e. The molecular formula is C20H16S. The third-order valence-electron chi connectivity index (χ3n) is 4.24. The maximum atomic E-state index is 2.32. The topological polar surface area (TPSA) is 0 Å². The molecule has 21 heavy (non-hydrogen) atoms. The largest absolute Gasteiger partial charge is 0.135 e. The van der Waals surface area contributed by atoms with E-state index in [1.165, 1.54) is 26.1 Å².